The minimum atomic E-state index is -4.15. The fraction of sp³-hybridized carbons (Fsp3) is 0.263. The van der Waals surface area contributed by atoms with Gasteiger partial charge in [-0.2, -0.15) is 0 Å². The van der Waals surface area contributed by atoms with Crippen LogP contribution in [0.1, 0.15) is 38.2 Å². The zero-order valence-electron chi connectivity index (χ0n) is 16.1. The molecule has 0 atom stereocenters. The molecule has 2 heterocycles. The van der Waals surface area contributed by atoms with Crippen molar-refractivity contribution in [1.29, 1.82) is 0 Å². The van der Waals surface area contributed by atoms with Crippen LogP contribution < -0.4 is 4.72 Å². The van der Waals surface area contributed by atoms with Crippen LogP contribution in [0.25, 0.3) is 0 Å². The molecule has 0 unspecified atom stereocenters. The van der Waals surface area contributed by atoms with Gasteiger partial charge in [0.2, 0.25) is 10.0 Å². The number of sulfonamides is 1. The Kier molecular flexibility index (Phi) is 6.64. The first-order chi connectivity index (χ1) is 14.1. The molecule has 3 aromatic rings. The largest absolute Gasteiger partial charge is 0.292 e. The zero-order chi connectivity index (χ0) is 21.9. The van der Waals surface area contributed by atoms with Gasteiger partial charge in [-0.25, -0.2) is 31.9 Å². The summed E-state index contributed by atoms with van der Waals surface area (Å²) in [5, 5.41) is 0.931. The number of aryl methyl sites for hydroxylation is 3. The van der Waals surface area contributed by atoms with Crippen molar-refractivity contribution in [3.63, 3.8) is 0 Å². The predicted octanol–water partition coefficient (Wildman–Crippen LogP) is 3.12. The van der Waals surface area contributed by atoms with Crippen molar-refractivity contribution in [2.24, 2.45) is 0 Å². The molecule has 158 valence electrons. The first-order valence-electron chi connectivity index (χ1n) is 8.87. The summed E-state index contributed by atoms with van der Waals surface area (Å²) in [7, 11) is -4.15. The minimum absolute atomic E-state index is 0.181. The summed E-state index contributed by atoms with van der Waals surface area (Å²) in [5.74, 6) is -2.18. The van der Waals surface area contributed by atoms with Crippen LogP contribution in [-0.4, -0.2) is 29.2 Å². The van der Waals surface area contributed by atoms with Gasteiger partial charge in [0.05, 0.1) is 34.0 Å². The fourth-order valence-electron chi connectivity index (χ4n) is 2.63. The van der Waals surface area contributed by atoms with Crippen LogP contribution in [-0.2, 0) is 23.0 Å². The van der Waals surface area contributed by atoms with Crippen LogP contribution in [0.3, 0.4) is 0 Å². The van der Waals surface area contributed by atoms with Gasteiger partial charge in [0, 0.05) is 23.6 Å². The molecule has 3 rings (SSSR count). The molecule has 1 aromatic carbocycles. The second-order valence-electron chi connectivity index (χ2n) is 6.49. The van der Waals surface area contributed by atoms with Crippen molar-refractivity contribution in [1.82, 2.24) is 19.7 Å². The molecule has 2 aromatic heterocycles. The third-order valence-corrected chi connectivity index (χ3v) is 6.53. The average molecular weight is 453 g/mol. The van der Waals surface area contributed by atoms with Gasteiger partial charge < -0.3 is 0 Å². The summed E-state index contributed by atoms with van der Waals surface area (Å²) < 4.78 is 53.3. The van der Waals surface area contributed by atoms with Crippen molar-refractivity contribution < 1.29 is 22.0 Å². The van der Waals surface area contributed by atoms with Gasteiger partial charge in [0.15, 0.2) is 5.78 Å². The highest BCUT2D eigenvalue weighted by Crippen LogP contribution is 2.16. The number of hydrogen-bond donors (Lipinski definition) is 1. The van der Waals surface area contributed by atoms with E-state index in [1.165, 1.54) is 17.5 Å². The molecule has 0 spiro atoms. The Balaban J connectivity index is 1.65. The summed E-state index contributed by atoms with van der Waals surface area (Å²) in [6.07, 6.45) is 3.84. The fourth-order valence-corrected chi connectivity index (χ4v) is 4.45. The molecular formula is C19H18F2N4O3S2. The summed E-state index contributed by atoms with van der Waals surface area (Å²) in [4.78, 5) is 25.3. The van der Waals surface area contributed by atoms with Crippen molar-refractivity contribution in [3.8, 4) is 0 Å². The molecule has 0 aliphatic heterocycles. The maximum atomic E-state index is 13.3. The van der Waals surface area contributed by atoms with E-state index in [4.69, 9.17) is 0 Å². The van der Waals surface area contributed by atoms with Crippen molar-refractivity contribution in [2.75, 3.05) is 0 Å². The normalized spacial score (nSPS) is 11.6. The highest BCUT2D eigenvalue weighted by molar-refractivity contribution is 7.89. The highest BCUT2D eigenvalue weighted by atomic mass is 32.2. The van der Waals surface area contributed by atoms with E-state index < -0.39 is 26.6 Å². The van der Waals surface area contributed by atoms with Gasteiger partial charge in [-0.1, -0.05) is 0 Å². The molecule has 7 nitrogen and oxygen atoms in total. The lowest BCUT2D eigenvalue weighted by atomic mass is 10.1. The van der Waals surface area contributed by atoms with Crippen LogP contribution in [0.2, 0.25) is 0 Å². The van der Waals surface area contributed by atoms with Crippen molar-refractivity contribution in [2.45, 2.75) is 38.1 Å². The first kappa shape index (κ1) is 22.1. The van der Waals surface area contributed by atoms with Crippen molar-refractivity contribution >= 4 is 27.1 Å². The third kappa shape index (κ3) is 5.49. The van der Waals surface area contributed by atoms with Gasteiger partial charge in [0.25, 0.3) is 0 Å². The molecule has 1 N–H and O–H groups in total. The number of halogens is 2. The molecule has 0 aliphatic rings. The Morgan fingerprint density at radius 1 is 1.10 bits per heavy atom. The lowest BCUT2D eigenvalue weighted by Gasteiger charge is -2.09. The SMILES string of the molecule is Cc1ncc(CCC(=O)c2cnc(CNS(=O)(=O)c3cc(F)cc(F)c3)c(C)n2)s1. The molecule has 30 heavy (non-hydrogen) atoms. The van der Waals surface area contributed by atoms with E-state index in [1.54, 1.807) is 13.1 Å². The number of ketones is 1. The Hall–Kier alpha value is -2.63. The van der Waals surface area contributed by atoms with Gasteiger partial charge in [-0.15, -0.1) is 11.3 Å². The number of nitrogens with one attached hydrogen (secondary N) is 1. The highest BCUT2D eigenvalue weighted by Gasteiger charge is 2.18. The van der Waals surface area contributed by atoms with E-state index in [0.717, 1.165) is 22.0 Å². The van der Waals surface area contributed by atoms with E-state index in [-0.39, 0.29) is 24.4 Å². The lowest BCUT2D eigenvalue weighted by Crippen LogP contribution is -2.25. The molecule has 0 fully saturated rings. The second-order valence-corrected chi connectivity index (χ2v) is 9.57. The molecule has 0 amide bonds. The number of hydrogen-bond acceptors (Lipinski definition) is 7. The average Bonchev–Trinajstić information content (AvgIpc) is 3.09. The first-order valence-corrected chi connectivity index (χ1v) is 11.2. The number of carbonyl (C=O) groups is 1. The molecule has 0 radical (unpaired) electrons. The summed E-state index contributed by atoms with van der Waals surface area (Å²) in [6.45, 7) is 3.25. The van der Waals surface area contributed by atoms with E-state index in [1.807, 2.05) is 6.92 Å². The smallest absolute Gasteiger partial charge is 0.241 e. The Morgan fingerprint density at radius 2 is 1.80 bits per heavy atom. The van der Waals surface area contributed by atoms with E-state index in [2.05, 4.69) is 19.7 Å². The van der Waals surface area contributed by atoms with Crippen LogP contribution in [0.4, 0.5) is 8.78 Å². The van der Waals surface area contributed by atoms with Crippen LogP contribution in [0.15, 0.2) is 35.5 Å². The van der Waals surface area contributed by atoms with Gasteiger partial charge in [-0.3, -0.25) is 9.78 Å². The quantitative estimate of drug-likeness (QED) is 0.527. The molecule has 0 bridgehead atoms. The van der Waals surface area contributed by atoms with Crippen molar-refractivity contribution in [3.05, 3.63) is 69.2 Å². The monoisotopic (exact) mass is 452 g/mol. The van der Waals surface area contributed by atoms with Gasteiger partial charge in [0.1, 0.15) is 17.3 Å². The molecular weight excluding hydrogens is 434 g/mol. The van der Waals surface area contributed by atoms with Gasteiger partial charge >= 0.3 is 0 Å². The standard InChI is InChI=1S/C19H18F2N4O3S2/c1-11-17(10-24-30(27,28)16-6-13(20)5-14(21)7-16)23-9-18(25-11)19(26)4-3-15-8-22-12(2)29-15/h5-9,24H,3-4,10H2,1-2H3. The Bertz CT molecular complexity index is 1180. The van der Waals surface area contributed by atoms with E-state index >= 15 is 0 Å². The van der Waals surface area contributed by atoms with Crippen LogP contribution in [0.5, 0.6) is 0 Å². The molecule has 0 aliphatic carbocycles. The topological polar surface area (TPSA) is 102 Å². The van der Waals surface area contributed by atoms with Gasteiger partial charge in [-0.05, 0) is 32.4 Å². The van der Waals surface area contributed by atoms with E-state index in [9.17, 15) is 22.0 Å². The minimum Gasteiger partial charge on any atom is -0.292 e. The lowest BCUT2D eigenvalue weighted by molar-refractivity contribution is 0.0977. The van der Waals surface area contributed by atoms with E-state index in [0.29, 0.717) is 23.9 Å². The second kappa shape index (κ2) is 9.02. The Morgan fingerprint density at radius 3 is 2.40 bits per heavy atom. The van der Waals surface area contributed by atoms with Crippen LogP contribution in [0, 0.1) is 25.5 Å². The zero-order valence-corrected chi connectivity index (χ0v) is 17.8. The molecule has 11 heteroatoms. The number of rotatable bonds is 8. The van der Waals surface area contributed by atoms with Crippen LogP contribution >= 0.6 is 11.3 Å². The number of carbonyl (C=O) groups excluding carboxylic acids is 1. The number of thiazole rings is 1. The summed E-state index contributed by atoms with van der Waals surface area (Å²) in [5.41, 5.74) is 0.861. The summed E-state index contributed by atoms with van der Waals surface area (Å²) >= 11 is 1.53. The number of Topliss-reactive ketones (excluding diaryl/α,β-unsaturated/α-hetero) is 1. The molecule has 0 saturated carbocycles. The maximum absolute atomic E-state index is 13.3. The predicted molar refractivity (Wildman–Crippen MR) is 107 cm³/mol. The molecule has 0 saturated heterocycles. The number of aromatic nitrogens is 3. The number of nitrogens with zero attached hydrogens (tertiary/aromatic N) is 3. The maximum Gasteiger partial charge on any atom is 0.241 e. The number of benzene rings is 1. The third-order valence-electron chi connectivity index (χ3n) is 4.18. The Labute approximate surface area is 176 Å². The summed E-state index contributed by atoms with van der Waals surface area (Å²) in [6, 6.07) is 2.02.